The molecule has 88 valence electrons. The molecular weight excluding hydrogens is 204 g/mol. The number of rotatable bonds is 6. The van der Waals surface area contributed by atoms with Gasteiger partial charge in [0.15, 0.2) is 0 Å². The minimum absolute atomic E-state index is 0.564. The van der Waals surface area contributed by atoms with Gasteiger partial charge in [-0.2, -0.15) is 4.98 Å². The van der Waals surface area contributed by atoms with Crippen molar-refractivity contribution in [3.63, 3.8) is 0 Å². The van der Waals surface area contributed by atoms with Gasteiger partial charge in [-0.05, 0) is 13.3 Å². The van der Waals surface area contributed by atoms with Crippen LogP contribution >= 0.6 is 0 Å². The van der Waals surface area contributed by atoms with E-state index in [1.54, 1.807) is 6.08 Å². The Kier molecular flexibility index (Phi) is 4.72. The van der Waals surface area contributed by atoms with Gasteiger partial charge in [0.25, 0.3) is 0 Å². The lowest BCUT2D eigenvalue weighted by Gasteiger charge is -2.11. The van der Waals surface area contributed by atoms with Crippen LogP contribution in [0.5, 0.6) is 5.88 Å². The van der Waals surface area contributed by atoms with Gasteiger partial charge in [0.05, 0.1) is 12.2 Å². The van der Waals surface area contributed by atoms with Crippen molar-refractivity contribution < 1.29 is 4.74 Å². The van der Waals surface area contributed by atoms with Crippen LogP contribution in [-0.2, 0) is 6.42 Å². The summed E-state index contributed by atoms with van der Waals surface area (Å²) in [6, 6.07) is 0. The van der Waals surface area contributed by atoms with Crippen molar-refractivity contribution in [3.05, 3.63) is 24.0 Å². The third-order valence-corrected chi connectivity index (χ3v) is 2.16. The monoisotopic (exact) mass is 222 g/mol. The minimum atomic E-state index is 0.564. The van der Waals surface area contributed by atoms with E-state index in [4.69, 9.17) is 10.6 Å². The summed E-state index contributed by atoms with van der Waals surface area (Å²) >= 11 is 0. The molecule has 0 fully saturated rings. The van der Waals surface area contributed by atoms with Gasteiger partial charge in [0.2, 0.25) is 5.88 Å². The number of nitrogen functional groups attached to an aromatic ring is 1. The second-order valence-corrected chi connectivity index (χ2v) is 3.34. The van der Waals surface area contributed by atoms with Crippen LogP contribution in [0.3, 0.4) is 0 Å². The minimum Gasteiger partial charge on any atom is -0.477 e. The van der Waals surface area contributed by atoms with Crippen molar-refractivity contribution in [2.45, 2.75) is 26.7 Å². The topological polar surface area (TPSA) is 73.1 Å². The lowest BCUT2D eigenvalue weighted by molar-refractivity contribution is 0.308. The van der Waals surface area contributed by atoms with E-state index in [0.717, 1.165) is 18.4 Å². The van der Waals surface area contributed by atoms with Crippen LogP contribution in [0.25, 0.3) is 0 Å². The van der Waals surface area contributed by atoms with Gasteiger partial charge in [-0.3, -0.25) is 0 Å². The third-order valence-electron chi connectivity index (χ3n) is 2.16. The molecule has 0 aromatic carbocycles. The summed E-state index contributed by atoms with van der Waals surface area (Å²) in [6.45, 7) is 8.06. The maximum absolute atomic E-state index is 5.54. The highest BCUT2D eigenvalue weighted by Crippen LogP contribution is 2.21. The molecule has 0 radical (unpaired) electrons. The summed E-state index contributed by atoms with van der Waals surface area (Å²) in [4.78, 5) is 8.56. The van der Waals surface area contributed by atoms with E-state index in [9.17, 15) is 0 Å². The van der Waals surface area contributed by atoms with E-state index in [1.165, 1.54) is 0 Å². The Balaban J connectivity index is 2.91. The van der Waals surface area contributed by atoms with Gasteiger partial charge in [-0.15, -0.1) is 6.58 Å². The maximum Gasteiger partial charge on any atom is 0.221 e. The summed E-state index contributed by atoms with van der Waals surface area (Å²) in [7, 11) is 0. The Hall–Kier alpha value is -1.62. The quantitative estimate of drug-likeness (QED) is 0.331. The zero-order chi connectivity index (χ0) is 12.0. The highest BCUT2D eigenvalue weighted by atomic mass is 16.5. The molecule has 5 nitrogen and oxygen atoms in total. The summed E-state index contributed by atoms with van der Waals surface area (Å²) in [6.07, 6.45) is 3.34. The van der Waals surface area contributed by atoms with Gasteiger partial charge in [0, 0.05) is 6.42 Å². The molecule has 0 saturated carbocycles. The number of hydrogen-bond donors (Lipinski definition) is 2. The molecule has 0 aliphatic carbocycles. The molecule has 0 aliphatic rings. The molecule has 1 aromatic heterocycles. The number of ether oxygens (including phenoxy) is 1. The Labute approximate surface area is 95.7 Å². The second-order valence-electron chi connectivity index (χ2n) is 3.34. The molecule has 0 saturated heterocycles. The fourth-order valence-electron chi connectivity index (χ4n) is 1.22. The molecule has 0 atom stereocenters. The average molecular weight is 222 g/mol. The van der Waals surface area contributed by atoms with Crippen LogP contribution < -0.4 is 16.0 Å². The van der Waals surface area contributed by atoms with Crippen molar-refractivity contribution in [2.75, 3.05) is 12.0 Å². The van der Waals surface area contributed by atoms with Crippen LogP contribution in [0.15, 0.2) is 12.7 Å². The van der Waals surface area contributed by atoms with Crippen LogP contribution in [0, 0.1) is 6.92 Å². The van der Waals surface area contributed by atoms with Crippen molar-refractivity contribution in [2.24, 2.45) is 5.84 Å². The highest BCUT2D eigenvalue weighted by molar-refractivity contribution is 5.47. The van der Waals surface area contributed by atoms with Crippen molar-refractivity contribution >= 4 is 5.82 Å². The van der Waals surface area contributed by atoms with E-state index >= 15 is 0 Å². The predicted octanol–water partition coefficient (Wildman–Crippen LogP) is 1.59. The molecule has 1 aromatic rings. The fraction of sp³-hybridized carbons (Fsp3) is 0.455. The zero-order valence-electron chi connectivity index (χ0n) is 9.79. The van der Waals surface area contributed by atoms with E-state index in [-0.39, 0.29) is 0 Å². The standard InChI is InChI=1S/C11H18N4O/c1-4-6-7-16-11-8(3)10(15-12)13-9(5-2)14-11/h4H,1,5-7,12H2,2-3H3,(H,13,14,15). The first-order valence-electron chi connectivity index (χ1n) is 5.30. The number of anilines is 1. The van der Waals surface area contributed by atoms with Gasteiger partial charge in [-0.25, -0.2) is 10.8 Å². The second kappa shape index (κ2) is 6.07. The van der Waals surface area contributed by atoms with Gasteiger partial charge < -0.3 is 10.2 Å². The number of nitrogens with two attached hydrogens (primary N) is 1. The molecule has 5 heteroatoms. The largest absolute Gasteiger partial charge is 0.477 e. The van der Waals surface area contributed by atoms with Crippen molar-refractivity contribution in [1.29, 1.82) is 0 Å². The number of aryl methyl sites for hydroxylation is 1. The molecule has 3 N–H and O–H groups in total. The van der Waals surface area contributed by atoms with E-state index in [1.807, 2.05) is 13.8 Å². The number of nitrogens with one attached hydrogen (secondary N) is 1. The lowest BCUT2D eigenvalue weighted by atomic mass is 10.3. The third kappa shape index (κ3) is 2.93. The van der Waals surface area contributed by atoms with Crippen molar-refractivity contribution in [1.82, 2.24) is 9.97 Å². The highest BCUT2D eigenvalue weighted by Gasteiger charge is 2.10. The number of nitrogens with zero attached hydrogens (tertiary/aromatic N) is 2. The van der Waals surface area contributed by atoms with E-state index in [2.05, 4.69) is 22.0 Å². The van der Waals surface area contributed by atoms with Crippen LogP contribution in [0.2, 0.25) is 0 Å². The first kappa shape index (κ1) is 12.4. The first-order valence-corrected chi connectivity index (χ1v) is 5.30. The molecule has 0 aliphatic heterocycles. The van der Waals surface area contributed by atoms with Gasteiger partial charge >= 0.3 is 0 Å². The fourth-order valence-corrected chi connectivity index (χ4v) is 1.22. The van der Waals surface area contributed by atoms with Crippen LogP contribution in [-0.4, -0.2) is 16.6 Å². The summed E-state index contributed by atoms with van der Waals surface area (Å²) in [5.41, 5.74) is 3.37. The summed E-state index contributed by atoms with van der Waals surface area (Å²) in [5.74, 6) is 7.30. The predicted molar refractivity (Wildman–Crippen MR) is 64.3 cm³/mol. The van der Waals surface area contributed by atoms with E-state index < -0.39 is 0 Å². The lowest BCUT2D eigenvalue weighted by Crippen LogP contribution is -2.13. The Bertz CT molecular complexity index is 365. The Morgan fingerprint density at radius 3 is 2.81 bits per heavy atom. The SMILES string of the molecule is C=CCCOc1nc(CC)nc(NN)c1C. The number of hydrogen-bond acceptors (Lipinski definition) is 5. The molecule has 0 amide bonds. The molecular formula is C11H18N4O. The van der Waals surface area contributed by atoms with Gasteiger partial charge in [0.1, 0.15) is 11.6 Å². The molecule has 0 spiro atoms. The maximum atomic E-state index is 5.54. The number of hydrazine groups is 1. The summed E-state index contributed by atoms with van der Waals surface area (Å²) < 4.78 is 5.54. The molecule has 16 heavy (non-hydrogen) atoms. The molecule has 1 heterocycles. The van der Waals surface area contributed by atoms with Crippen LogP contribution in [0.4, 0.5) is 5.82 Å². The average Bonchev–Trinajstić information content (AvgIpc) is 2.31. The zero-order valence-corrected chi connectivity index (χ0v) is 9.79. The summed E-state index contributed by atoms with van der Waals surface area (Å²) in [5, 5.41) is 0. The molecule has 0 unspecified atom stereocenters. The molecule has 1 rings (SSSR count). The first-order chi connectivity index (χ1) is 7.72. The smallest absolute Gasteiger partial charge is 0.221 e. The van der Waals surface area contributed by atoms with Gasteiger partial charge in [-0.1, -0.05) is 13.0 Å². The molecule has 0 bridgehead atoms. The van der Waals surface area contributed by atoms with E-state index in [0.29, 0.717) is 24.1 Å². The number of aromatic nitrogens is 2. The Morgan fingerprint density at radius 2 is 2.25 bits per heavy atom. The Morgan fingerprint density at radius 1 is 1.50 bits per heavy atom. The normalized spacial score (nSPS) is 9.94. The van der Waals surface area contributed by atoms with Crippen LogP contribution in [0.1, 0.15) is 24.7 Å². The van der Waals surface area contributed by atoms with Crippen molar-refractivity contribution in [3.8, 4) is 5.88 Å².